The summed E-state index contributed by atoms with van der Waals surface area (Å²) in [7, 11) is 0. The van der Waals surface area contributed by atoms with Crippen molar-refractivity contribution in [2.24, 2.45) is 0 Å². The molecule has 1 aromatic heterocycles. The maximum atomic E-state index is 11.4. The number of piperidine rings is 1. The van der Waals surface area contributed by atoms with E-state index in [-0.39, 0.29) is 11.7 Å². The number of Topliss-reactive ketones (excluding diaryl/α,β-unsaturated/α-hetero) is 1. The highest BCUT2D eigenvalue weighted by Gasteiger charge is 2.26. The molecule has 1 amide bonds. The Bertz CT molecular complexity index is 378. The van der Waals surface area contributed by atoms with Gasteiger partial charge in [-0.1, -0.05) is 0 Å². The molecule has 1 fully saturated rings. The van der Waals surface area contributed by atoms with E-state index in [4.69, 9.17) is 0 Å². The first-order valence-corrected chi connectivity index (χ1v) is 5.47. The lowest BCUT2D eigenvalue weighted by Gasteiger charge is -2.30. The monoisotopic (exact) mass is 221 g/mol. The zero-order chi connectivity index (χ0) is 11.5. The van der Waals surface area contributed by atoms with Gasteiger partial charge < -0.3 is 9.88 Å². The van der Waals surface area contributed by atoms with Gasteiger partial charge in [0, 0.05) is 38.3 Å². The van der Waals surface area contributed by atoms with Gasteiger partial charge in [0.15, 0.2) is 0 Å². The number of imidazole rings is 1. The molecule has 5 heteroatoms. The molecule has 0 aliphatic carbocycles. The first-order chi connectivity index (χ1) is 7.68. The number of H-pyrrole nitrogens is 1. The lowest BCUT2D eigenvalue weighted by atomic mass is 9.96. The first kappa shape index (κ1) is 10.9. The Morgan fingerprint density at radius 1 is 1.44 bits per heavy atom. The second-order valence-corrected chi connectivity index (χ2v) is 4.10. The maximum absolute atomic E-state index is 11.4. The number of hydrogen-bond acceptors (Lipinski definition) is 3. The third kappa shape index (κ3) is 2.13. The van der Waals surface area contributed by atoms with Gasteiger partial charge in [-0.25, -0.2) is 4.98 Å². The number of nitrogens with one attached hydrogen (secondary N) is 1. The lowest BCUT2D eigenvalue weighted by Crippen LogP contribution is -2.41. The fourth-order valence-electron chi connectivity index (χ4n) is 2.08. The molecule has 0 radical (unpaired) electrons. The van der Waals surface area contributed by atoms with Crippen LogP contribution in [0, 0.1) is 0 Å². The van der Waals surface area contributed by atoms with Crippen molar-refractivity contribution in [3.05, 3.63) is 18.2 Å². The smallest absolute Gasteiger partial charge is 0.289 e. The summed E-state index contributed by atoms with van der Waals surface area (Å²) in [5.41, 5.74) is 0. The first-order valence-electron chi connectivity index (χ1n) is 5.47. The second kappa shape index (κ2) is 4.47. The van der Waals surface area contributed by atoms with Crippen LogP contribution in [0.1, 0.15) is 31.5 Å². The van der Waals surface area contributed by atoms with Crippen LogP contribution in [0.25, 0.3) is 0 Å². The predicted molar refractivity (Wildman–Crippen MR) is 57.8 cm³/mol. The molecule has 0 saturated carbocycles. The molecule has 0 aromatic carbocycles. The molecule has 1 aromatic rings. The second-order valence-electron chi connectivity index (χ2n) is 4.10. The van der Waals surface area contributed by atoms with Gasteiger partial charge in [-0.3, -0.25) is 9.59 Å². The number of ketones is 1. The van der Waals surface area contributed by atoms with E-state index in [0.29, 0.717) is 19.0 Å². The summed E-state index contributed by atoms with van der Waals surface area (Å²) in [5, 5.41) is 0. The zero-order valence-corrected chi connectivity index (χ0v) is 9.27. The Hall–Kier alpha value is -1.65. The van der Waals surface area contributed by atoms with Gasteiger partial charge in [0.05, 0.1) is 0 Å². The Kier molecular flexibility index (Phi) is 3.03. The highest BCUT2D eigenvalue weighted by atomic mass is 16.2. The summed E-state index contributed by atoms with van der Waals surface area (Å²) in [5.74, 6) is 0.621. The fraction of sp³-hybridized carbons (Fsp3) is 0.545. The average molecular weight is 221 g/mol. The van der Waals surface area contributed by atoms with Crippen molar-refractivity contribution in [1.82, 2.24) is 14.9 Å². The van der Waals surface area contributed by atoms with E-state index >= 15 is 0 Å². The molecular weight excluding hydrogens is 206 g/mol. The standard InChI is InChI=1S/C11H15N3O2/c1-8(15)11(16)14-6-2-9(3-7-14)10-12-4-5-13-10/h4-5,9H,2-3,6-7H2,1H3,(H,12,13). The number of nitrogens with zero attached hydrogens (tertiary/aromatic N) is 2. The van der Waals surface area contributed by atoms with Crippen molar-refractivity contribution in [1.29, 1.82) is 0 Å². The maximum Gasteiger partial charge on any atom is 0.289 e. The number of amides is 1. The van der Waals surface area contributed by atoms with Crippen molar-refractivity contribution in [2.75, 3.05) is 13.1 Å². The summed E-state index contributed by atoms with van der Waals surface area (Å²) in [4.78, 5) is 31.3. The number of aromatic nitrogens is 2. The summed E-state index contributed by atoms with van der Waals surface area (Å²) < 4.78 is 0. The number of hydrogen-bond donors (Lipinski definition) is 1. The van der Waals surface area contributed by atoms with E-state index in [1.54, 1.807) is 11.1 Å². The van der Waals surface area contributed by atoms with Gasteiger partial charge in [-0.15, -0.1) is 0 Å². The highest BCUT2D eigenvalue weighted by Crippen LogP contribution is 2.25. The van der Waals surface area contributed by atoms with E-state index in [0.717, 1.165) is 18.7 Å². The predicted octanol–water partition coefficient (Wildman–Crippen LogP) is 0.705. The molecule has 0 bridgehead atoms. The molecule has 1 N–H and O–H groups in total. The topological polar surface area (TPSA) is 66.1 Å². The Balaban J connectivity index is 1.92. The largest absolute Gasteiger partial charge is 0.348 e. The third-order valence-electron chi connectivity index (χ3n) is 2.99. The summed E-state index contributed by atoms with van der Waals surface area (Å²) in [6.07, 6.45) is 5.28. The van der Waals surface area contributed by atoms with E-state index < -0.39 is 0 Å². The molecule has 2 heterocycles. The molecule has 1 saturated heterocycles. The van der Waals surface area contributed by atoms with Crippen molar-refractivity contribution in [3.8, 4) is 0 Å². The SMILES string of the molecule is CC(=O)C(=O)N1CCC(c2ncc[nH]2)CC1. The number of carbonyl (C=O) groups excluding carboxylic acids is 2. The quantitative estimate of drug-likeness (QED) is 0.748. The minimum Gasteiger partial charge on any atom is -0.348 e. The lowest BCUT2D eigenvalue weighted by molar-refractivity contribution is -0.144. The molecule has 5 nitrogen and oxygen atoms in total. The summed E-state index contributed by atoms with van der Waals surface area (Å²) in [6.45, 7) is 2.61. The van der Waals surface area contributed by atoms with E-state index in [9.17, 15) is 9.59 Å². The van der Waals surface area contributed by atoms with Gasteiger partial charge in [0.1, 0.15) is 5.82 Å². The average Bonchev–Trinajstić information content (AvgIpc) is 2.81. The Morgan fingerprint density at radius 3 is 2.62 bits per heavy atom. The highest BCUT2D eigenvalue weighted by molar-refractivity contribution is 6.35. The summed E-state index contributed by atoms with van der Waals surface area (Å²) >= 11 is 0. The fourth-order valence-corrected chi connectivity index (χ4v) is 2.08. The van der Waals surface area contributed by atoms with Crippen LogP contribution in [-0.2, 0) is 9.59 Å². The van der Waals surface area contributed by atoms with Crippen molar-refractivity contribution in [2.45, 2.75) is 25.7 Å². The van der Waals surface area contributed by atoms with Gasteiger partial charge in [-0.05, 0) is 12.8 Å². The summed E-state index contributed by atoms with van der Waals surface area (Å²) in [6, 6.07) is 0. The van der Waals surface area contributed by atoms with Crippen molar-refractivity contribution in [3.63, 3.8) is 0 Å². The molecule has 0 atom stereocenters. The van der Waals surface area contributed by atoms with Crippen molar-refractivity contribution < 1.29 is 9.59 Å². The van der Waals surface area contributed by atoms with E-state index in [1.807, 2.05) is 6.20 Å². The Morgan fingerprint density at radius 2 is 2.12 bits per heavy atom. The molecule has 2 rings (SSSR count). The van der Waals surface area contributed by atoms with Gasteiger partial charge in [0.25, 0.3) is 5.91 Å². The molecule has 1 aliphatic heterocycles. The Labute approximate surface area is 93.9 Å². The molecule has 16 heavy (non-hydrogen) atoms. The molecular formula is C11H15N3O2. The van der Waals surface area contributed by atoms with Gasteiger partial charge >= 0.3 is 0 Å². The van der Waals surface area contributed by atoms with Crippen LogP contribution in [-0.4, -0.2) is 39.6 Å². The molecule has 1 aliphatic rings. The van der Waals surface area contributed by atoms with Crippen LogP contribution in [0.5, 0.6) is 0 Å². The van der Waals surface area contributed by atoms with Crippen LogP contribution in [0.4, 0.5) is 0 Å². The van der Waals surface area contributed by atoms with E-state index in [1.165, 1.54) is 6.92 Å². The zero-order valence-electron chi connectivity index (χ0n) is 9.27. The number of aromatic amines is 1. The number of rotatable bonds is 2. The van der Waals surface area contributed by atoms with Gasteiger partial charge in [0.2, 0.25) is 5.78 Å². The minimum absolute atomic E-state index is 0.363. The minimum atomic E-state index is -0.378. The van der Waals surface area contributed by atoms with Crippen LogP contribution in [0.15, 0.2) is 12.4 Å². The van der Waals surface area contributed by atoms with Gasteiger partial charge in [-0.2, -0.15) is 0 Å². The molecule has 86 valence electrons. The normalized spacial score (nSPS) is 17.4. The van der Waals surface area contributed by atoms with Crippen LogP contribution < -0.4 is 0 Å². The number of likely N-dealkylation sites (tertiary alicyclic amines) is 1. The molecule has 0 unspecified atom stereocenters. The third-order valence-corrected chi connectivity index (χ3v) is 2.99. The van der Waals surface area contributed by atoms with E-state index in [2.05, 4.69) is 9.97 Å². The van der Waals surface area contributed by atoms with Crippen LogP contribution in [0.2, 0.25) is 0 Å². The van der Waals surface area contributed by atoms with Crippen LogP contribution >= 0.6 is 0 Å². The van der Waals surface area contributed by atoms with Crippen LogP contribution in [0.3, 0.4) is 0 Å². The molecule has 0 spiro atoms. The number of carbonyl (C=O) groups is 2. The van der Waals surface area contributed by atoms with Crippen molar-refractivity contribution >= 4 is 11.7 Å².